The summed E-state index contributed by atoms with van der Waals surface area (Å²) in [5.41, 5.74) is 6.37. The molecule has 1 aromatic carbocycles. The van der Waals surface area contributed by atoms with Crippen LogP contribution in [-0.4, -0.2) is 55.7 Å². The molecule has 0 unspecified atom stereocenters. The zero-order valence-corrected chi connectivity index (χ0v) is 23.3. The van der Waals surface area contributed by atoms with Crippen molar-refractivity contribution in [3.05, 3.63) is 81.6 Å². The Morgan fingerprint density at radius 3 is 2.73 bits per heavy atom. The number of rotatable bonds is 7. The normalized spacial score (nSPS) is 15.4. The van der Waals surface area contributed by atoms with Crippen LogP contribution in [0.2, 0.25) is 0 Å². The third kappa shape index (κ3) is 5.04. The predicted octanol–water partition coefficient (Wildman–Crippen LogP) is 4.23. The molecule has 1 aliphatic heterocycles. The summed E-state index contributed by atoms with van der Waals surface area (Å²) in [5, 5.41) is 7.12. The molecular weight excluding hydrogens is 541 g/mol. The van der Waals surface area contributed by atoms with Gasteiger partial charge in [0, 0.05) is 61.1 Å². The molecule has 1 saturated heterocycles. The summed E-state index contributed by atoms with van der Waals surface area (Å²) in [6, 6.07) is 6.87. The number of nitrogens with one attached hydrogen (secondary N) is 2. The van der Waals surface area contributed by atoms with E-state index in [0.29, 0.717) is 33.9 Å². The quantitative estimate of drug-likeness (QED) is 0.297. The van der Waals surface area contributed by atoms with Crippen molar-refractivity contribution in [3.63, 3.8) is 0 Å². The van der Waals surface area contributed by atoms with Crippen LogP contribution in [0.25, 0.3) is 21.5 Å². The van der Waals surface area contributed by atoms with E-state index >= 15 is 4.39 Å². The Morgan fingerprint density at radius 2 is 1.98 bits per heavy atom. The summed E-state index contributed by atoms with van der Waals surface area (Å²) in [6.07, 6.45) is 7.20. The molecule has 12 heteroatoms. The fourth-order valence-electron chi connectivity index (χ4n) is 5.35. The van der Waals surface area contributed by atoms with E-state index < -0.39 is 0 Å². The van der Waals surface area contributed by atoms with E-state index in [-0.39, 0.29) is 23.9 Å². The van der Waals surface area contributed by atoms with E-state index in [4.69, 9.17) is 4.98 Å². The van der Waals surface area contributed by atoms with Crippen LogP contribution >= 0.6 is 11.3 Å². The van der Waals surface area contributed by atoms with Gasteiger partial charge in [0.1, 0.15) is 17.8 Å². The van der Waals surface area contributed by atoms with Crippen molar-refractivity contribution in [2.45, 2.75) is 32.2 Å². The number of aromatic nitrogens is 6. The van der Waals surface area contributed by atoms with Gasteiger partial charge in [0.15, 0.2) is 0 Å². The van der Waals surface area contributed by atoms with Crippen LogP contribution in [0.5, 0.6) is 0 Å². The van der Waals surface area contributed by atoms with Crippen LogP contribution in [0.15, 0.2) is 53.3 Å². The largest absolute Gasteiger partial charge is 0.367 e. The highest BCUT2D eigenvalue weighted by molar-refractivity contribution is 7.13. The number of hydrogen-bond acceptors (Lipinski definition) is 10. The molecule has 5 aromatic rings. The molecule has 1 saturated carbocycles. The average Bonchev–Trinajstić information content (AvgIpc) is 3.75. The van der Waals surface area contributed by atoms with Gasteiger partial charge in [-0.2, -0.15) is 4.98 Å². The molecule has 41 heavy (non-hydrogen) atoms. The minimum atomic E-state index is -0.309. The van der Waals surface area contributed by atoms with E-state index in [2.05, 4.69) is 30.6 Å². The van der Waals surface area contributed by atoms with Crippen LogP contribution in [0.3, 0.4) is 0 Å². The first-order valence-corrected chi connectivity index (χ1v) is 14.5. The Bertz CT molecular complexity index is 1810. The predicted molar refractivity (Wildman–Crippen MR) is 158 cm³/mol. The number of piperazine rings is 1. The van der Waals surface area contributed by atoms with Crippen molar-refractivity contribution in [2.75, 3.05) is 36.4 Å². The molecule has 0 amide bonds. The molecule has 2 aliphatic rings. The number of thiazole rings is 1. The van der Waals surface area contributed by atoms with E-state index in [9.17, 15) is 4.79 Å². The fourth-order valence-corrected chi connectivity index (χ4v) is 6.16. The van der Waals surface area contributed by atoms with E-state index in [1.54, 1.807) is 34.9 Å². The number of fused-ring (bicyclic) bond motifs is 1. The van der Waals surface area contributed by atoms with Gasteiger partial charge >= 0.3 is 0 Å². The minimum Gasteiger partial charge on any atom is -0.367 e. The SMILES string of the molecule is Cc1ncsc1-c1cc2cnc(Nc3ccc(N4CCNCC4)c(F)c3)nc2n(Cc2cncnc2C2CC2)c1=O. The third-order valence-electron chi connectivity index (χ3n) is 7.59. The fraction of sp³-hybridized carbons (Fsp3) is 0.310. The molecule has 5 heterocycles. The second-order valence-corrected chi connectivity index (χ2v) is 11.3. The van der Waals surface area contributed by atoms with Crippen molar-refractivity contribution in [3.8, 4) is 10.4 Å². The number of halogens is 1. The third-order valence-corrected chi connectivity index (χ3v) is 8.56. The van der Waals surface area contributed by atoms with Crippen LogP contribution < -0.4 is 21.1 Å². The molecular formula is C29H28FN9OS. The van der Waals surface area contributed by atoms with E-state index in [0.717, 1.165) is 60.8 Å². The van der Waals surface area contributed by atoms with Crippen molar-refractivity contribution < 1.29 is 4.39 Å². The van der Waals surface area contributed by atoms with Crippen molar-refractivity contribution in [2.24, 2.45) is 0 Å². The summed E-state index contributed by atoms with van der Waals surface area (Å²) in [5.74, 6) is 0.358. The van der Waals surface area contributed by atoms with Gasteiger partial charge in [-0.05, 0) is 44.0 Å². The summed E-state index contributed by atoms with van der Waals surface area (Å²) in [7, 11) is 0. The maximum Gasteiger partial charge on any atom is 0.261 e. The zero-order valence-electron chi connectivity index (χ0n) is 22.5. The van der Waals surface area contributed by atoms with Crippen LogP contribution in [0.1, 0.15) is 35.7 Å². The van der Waals surface area contributed by atoms with Gasteiger partial charge in [-0.3, -0.25) is 9.36 Å². The van der Waals surface area contributed by atoms with Crippen LogP contribution in [0.4, 0.5) is 21.7 Å². The first kappa shape index (κ1) is 25.7. The monoisotopic (exact) mass is 569 g/mol. The van der Waals surface area contributed by atoms with Crippen LogP contribution in [0, 0.1) is 12.7 Å². The second kappa shape index (κ2) is 10.6. The van der Waals surface area contributed by atoms with Crippen LogP contribution in [-0.2, 0) is 6.54 Å². The first-order valence-electron chi connectivity index (χ1n) is 13.7. The van der Waals surface area contributed by atoms with Crippen molar-refractivity contribution in [1.82, 2.24) is 34.8 Å². The van der Waals surface area contributed by atoms with Gasteiger partial charge in [0.05, 0.1) is 39.6 Å². The van der Waals surface area contributed by atoms with Gasteiger partial charge < -0.3 is 15.5 Å². The number of benzene rings is 1. The van der Waals surface area contributed by atoms with Gasteiger partial charge in [0.2, 0.25) is 5.95 Å². The highest BCUT2D eigenvalue weighted by Gasteiger charge is 2.28. The first-order chi connectivity index (χ1) is 20.0. The van der Waals surface area contributed by atoms with Gasteiger partial charge in [-0.1, -0.05) is 0 Å². The standard InChI is InChI=1S/C29H28FN9OS/c1-17-26(41-16-35-17)22-10-19-13-33-29(36-21-4-5-24(23(30)11-21)38-8-6-31-7-9-38)37-27(19)39(28(22)40)14-20-12-32-15-34-25(20)18-2-3-18/h4-5,10-13,15-16,18,31H,2-3,6-9,14H2,1H3,(H,33,36,37). The smallest absolute Gasteiger partial charge is 0.261 e. The maximum atomic E-state index is 15.1. The summed E-state index contributed by atoms with van der Waals surface area (Å²) < 4.78 is 16.7. The molecule has 4 aromatic heterocycles. The summed E-state index contributed by atoms with van der Waals surface area (Å²) >= 11 is 1.43. The Hall–Kier alpha value is -4.29. The summed E-state index contributed by atoms with van der Waals surface area (Å²) in [6.45, 7) is 5.34. The molecule has 208 valence electrons. The van der Waals surface area contributed by atoms with Gasteiger partial charge in [-0.15, -0.1) is 11.3 Å². The Labute approximate surface area is 239 Å². The molecule has 2 N–H and O–H groups in total. The lowest BCUT2D eigenvalue weighted by atomic mass is 10.1. The number of anilines is 3. The molecule has 1 aliphatic carbocycles. The van der Waals surface area contributed by atoms with Gasteiger partial charge in [0.25, 0.3) is 5.56 Å². The lowest BCUT2D eigenvalue weighted by Gasteiger charge is -2.29. The average molecular weight is 570 g/mol. The lowest BCUT2D eigenvalue weighted by Crippen LogP contribution is -2.43. The van der Waals surface area contributed by atoms with E-state index in [1.807, 2.05) is 24.0 Å². The molecule has 7 rings (SSSR count). The highest BCUT2D eigenvalue weighted by atomic mass is 32.1. The molecule has 0 radical (unpaired) electrons. The maximum absolute atomic E-state index is 15.1. The molecule has 0 bridgehead atoms. The molecule has 2 fully saturated rings. The number of nitrogens with zero attached hydrogens (tertiary/aromatic N) is 7. The Kier molecular flexibility index (Phi) is 6.63. The minimum absolute atomic E-state index is 0.175. The number of aryl methyl sites for hydroxylation is 1. The molecule has 0 atom stereocenters. The van der Waals surface area contributed by atoms with Crippen molar-refractivity contribution in [1.29, 1.82) is 0 Å². The summed E-state index contributed by atoms with van der Waals surface area (Å²) in [4.78, 5) is 39.2. The van der Waals surface area contributed by atoms with Gasteiger partial charge in [-0.25, -0.2) is 24.3 Å². The zero-order chi connectivity index (χ0) is 27.9. The molecule has 10 nitrogen and oxygen atoms in total. The topological polar surface area (TPSA) is 114 Å². The lowest BCUT2D eigenvalue weighted by molar-refractivity contribution is 0.566. The Balaban J connectivity index is 1.29. The molecule has 0 spiro atoms. The number of pyridine rings is 1. The van der Waals surface area contributed by atoms with E-state index in [1.165, 1.54) is 17.4 Å². The van der Waals surface area contributed by atoms with Crippen molar-refractivity contribution >= 4 is 39.7 Å². The second-order valence-electron chi connectivity index (χ2n) is 10.4. The number of hydrogen-bond donors (Lipinski definition) is 2. The highest BCUT2D eigenvalue weighted by Crippen LogP contribution is 2.40. The Morgan fingerprint density at radius 1 is 1.12 bits per heavy atom.